The van der Waals surface area contributed by atoms with Gasteiger partial charge in [-0.15, -0.1) is 0 Å². The van der Waals surface area contributed by atoms with Crippen LogP contribution in [0, 0.1) is 11.8 Å². The Hall–Kier alpha value is -2.73. The number of hydrogen-bond donors (Lipinski definition) is 7. The number of aliphatic hydroxyl groups is 1. The zero-order chi connectivity index (χ0) is 23.6. The molecular formula is C18H33N5O7. The van der Waals surface area contributed by atoms with E-state index in [1.807, 2.05) is 0 Å². The quantitative estimate of drug-likeness (QED) is 0.164. The third-order valence-electron chi connectivity index (χ3n) is 4.14. The maximum atomic E-state index is 12.6. The van der Waals surface area contributed by atoms with Gasteiger partial charge in [-0.1, -0.05) is 27.7 Å². The summed E-state index contributed by atoms with van der Waals surface area (Å²) in [4.78, 5) is 59.2. The molecule has 0 aromatic heterocycles. The Balaban J connectivity index is 5.26. The first-order chi connectivity index (χ1) is 13.8. The molecule has 12 heteroatoms. The van der Waals surface area contributed by atoms with Crippen LogP contribution in [0.4, 0.5) is 0 Å². The molecular weight excluding hydrogens is 398 g/mol. The predicted molar refractivity (Wildman–Crippen MR) is 107 cm³/mol. The van der Waals surface area contributed by atoms with Gasteiger partial charge in [-0.25, -0.2) is 4.79 Å². The number of hydrogen-bond acceptors (Lipinski definition) is 7. The number of aliphatic hydroxyl groups excluding tert-OH is 1. The van der Waals surface area contributed by atoms with E-state index in [1.54, 1.807) is 27.7 Å². The van der Waals surface area contributed by atoms with Crippen LogP contribution in [0.15, 0.2) is 0 Å². The van der Waals surface area contributed by atoms with Gasteiger partial charge in [0.15, 0.2) is 0 Å². The summed E-state index contributed by atoms with van der Waals surface area (Å²) < 4.78 is 0. The Morgan fingerprint density at radius 2 is 1.37 bits per heavy atom. The van der Waals surface area contributed by atoms with Crippen molar-refractivity contribution in [2.75, 3.05) is 6.61 Å². The Morgan fingerprint density at radius 3 is 1.77 bits per heavy atom. The van der Waals surface area contributed by atoms with Gasteiger partial charge in [-0.3, -0.25) is 19.2 Å². The van der Waals surface area contributed by atoms with Crippen LogP contribution in [0.25, 0.3) is 0 Å². The van der Waals surface area contributed by atoms with Gasteiger partial charge in [0.05, 0.1) is 19.1 Å². The van der Waals surface area contributed by atoms with Crippen LogP contribution >= 0.6 is 0 Å². The van der Waals surface area contributed by atoms with Gasteiger partial charge >= 0.3 is 5.97 Å². The Bertz CT molecular complexity index is 638. The molecule has 172 valence electrons. The second-order valence-electron chi connectivity index (χ2n) is 7.78. The third kappa shape index (κ3) is 9.65. The number of primary amides is 1. The number of nitrogens with one attached hydrogen (secondary N) is 3. The zero-order valence-corrected chi connectivity index (χ0v) is 17.7. The molecule has 0 radical (unpaired) electrons. The lowest BCUT2D eigenvalue weighted by Crippen LogP contribution is -2.58. The van der Waals surface area contributed by atoms with E-state index in [0.29, 0.717) is 0 Å². The fourth-order valence-corrected chi connectivity index (χ4v) is 2.52. The van der Waals surface area contributed by atoms with Crippen molar-refractivity contribution in [1.29, 1.82) is 0 Å². The molecule has 0 aromatic carbocycles. The Labute approximate surface area is 175 Å². The minimum Gasteiger partial charge on any atom is -0.480 e. The van der Waals surface area contributed by atoms with E-state index in [2.05, 4.69) is 16.0 Å². The van der Waals surface area contributed by atoms with E-state index in [1.165, 1.54) is 0 Å². The molecule has 0 bridgehead atoms. The summed E-state index contributed by atoms with van der Waals surface area (Å²) in [5.74, 6) is -4.89. The molecule has 0 saturated carbocycles. The molecule has 30 heavy (non-hydrogen) atoms. The summed E-state index contributed by atoms with van der Waals surface area (Å²) in [6, 6.07) is -4.98. The highest BCUT2D eigenvalue weighted by molar-refractivity contribution is 5.95. The predicted octanol–water partition coefficient (Wildman–Crippen LogP) is -2.58. The number of carboxylic acid groups (broad SMARTS) is 1. The molecule has 0 aliphatic rings. The normalized spacial score (nSPS) is 15.1. The summed E-state index contributed by atoms with van der Waals surface area (Å²) in [5.41, 5.74) is 10.5. The fraction of sp³-hybridized carbons (Fsp3) is 0.722. The molecule has 0 spiro atoms. The van der Waals surface area contributed by atoms with Crippen molar-refractivity contribution in [3.05, 3.63) is 0 Å². The Kier molecular flexibility index (Phi) is 11.6. The molecule has 0 fully saturated rings. The summed E-state index contributed by atoms with van der Waals surface area (Å²) in [7, 11) is 0. The molecule has 12 nitrogen and oxygen atoms in total. The van der Waals surface area contributed by atoms with E-state index in [9.17, 15) is 34.2 Å². The highest BCUT2D eigenvalue weighted by Gasteiger charge is 2.31. The summed E-state index contributed by atoms with van der Waals surface area (Å²) in [6.45, 7) is 6.07. The minimum absolute atomic E-state index is 0.0328. The van der Waals surface area contributed by atoms with Gasteiger partial charge in [-0.05, 0) is 18.3 Å². The second-order valence-corrected chi connectivity index (χ2v) is 7.78. The highest BCUT2D eigenvalue weighted by Crippen LogP contribution is 2.08. The van der Waals surface area contributed by atoms with Gasteiger partial charge in [0.1, 0.15) is 18.1 Å². The summed E-state index contributed by atoms with van der Waals surface area (Å²) in [5, 5.41) is 25.7. The molecule has 0 aliphatic carbocycles. The smallest absolute Gasteiger partial charge is 0.326 e. The average molecular weight is 431 g/mol. The number of carbonyl (C=O) groups excluding carboxylic acids is 4. The molecule has 4 atom stereocenters. The molecule has 0 aliphatic heterocycles. The van der Waals surface area contributed by atoms with Crippen LogP contribution in [0.1, 0.15) is 40.5 Å². The van der Waals surface area contributed by atoms with E-state index in [4.69, 9.17) is 11.5 Å². The van der Waals surface area contributed by atoms with Gasteiger partial charge in [0.25, 0.3) is 0 Å². The molecule has 0 heterocycles. The van der Waals surface area contributed by atoms with Crippen LogP contribution in [0.2, 0.25) is 0 Å². The van der Waals surface area contributed by atoms with Crippen molar-refractivity contribution in [2.24, 2.45) is 23.3 Å². The van der Waals surface area contributed by atoms with Crippen LogP contribution in [-0.4, -0.2) is 70.6 Å². The molecule has 4 amide bonds. The lowest BCUT2D eigenvalue weighted by atomic mass is 10.00. The van der Waals surface area contributed by atoms with Crippen LogP contribution in [-0.2, 0) is 24.0 Å². The molecule has 0 aromatic rings. The topological polar surface area (TPSA) is 214 Å². The highest BCUT2D eigenvalue weighted by atomic mass is 16.4. The molecule has 4 unspecified atom stereocenters. The lowest BCUT2D eigenvalue weighted by molar-refractivity contribution is -0.143. The maximum Gasteiger partial charge on any atom is 0.326 e. The largest absolute Gasteiger partial charge is 0.480 e. The lowest BCUT2D eigenvalue weighted by Gasteiger charge is -2.26. The van der Waals surface area contributed by atoms with Gasteiger partial charge in [0, 0.05) is 0 Å². The number of carbonyl (C=O) groups is 5. The summed E-state index contributed by atoms with van der Waals surface area (Å²) >= 11 is 0. The SMILES string of the molecule is CC(C)CC(NC(=O)C(CO)NC(=O)C(N)CC(N)=O)C(=O)NC(C(=O)O)C(C)C. The van der Waals surface area contributed by atoms with Crippen molar-refractivity contribution >= 4 is 29.6 Å². The van der Waals surface area contributed by atoms with Crippen molar-refractivity contribution in [3.63, 3.8) is 0 Å². The van der Waals surface area contributed by atoms with Crippen LogP contribution in [0.5, 0.6) is 0 Å². The van der Waals surface area contributed by atoms with E-state index >= 15 is 0 Å². The first-order valence-electron chi connectivity index (χ1n) is 9.58. The van der Waals surface area contributed by atoms with Crippen molar-refractivity contribution in [2.45, 2.75) is 64.7 Å². The summed E-state index contributed by atoms with van der Waals surface area (Å²) in [6.07, 6.45) is -0.259. The minimum atomic E-state index is -1.43. The van der Waals surface area contributed by atoms with Crippen LogP contribution < -0.4 is 27.4 Å². The number of aliphatic carboxylic acids is 1. The monoisotopic (exact) mass is 431 g/mol. The molecule has 0 rings (SSSR count). The van der Waals surface area contributed by atoms with Crippen molar-refractivity contribution in [1.82, 2.24) is 16.0 Å². The first kappa shape index (κ1) is 27.3. The maximum absolute atomic E-state index is 12.6. The zero-order valence-electron chi connectivity index (χ0n) is 17.7. The van der Waals surface area contributed by atoms with Gasteiger partial charge in [0.2, 0.25) is 23.6 Å². The standard InChI is InChI=1S/C18H33N5O7/c1-8(2)5-11(16(27)23-14(9(3)4)18(29)30)21-17(28)12(7-24)22-15(26)10(19)6-13(20)25/h8-12,14,24H,5-7,19H2,1-4H3,(H2,20,25)(H,21,28)(H,22,26)(H,23,27)(H,29,30). The third-order valence-corrected chi connectivity index (χ3v) is 4.14. The van der Waals surface area contributed by atoms with E-state index in [0.717, 1.165) is 0 Å². The van der Waals surface area contributed by atoms with Crippen molar-refractivity contribution in [3.8, 4) is 0 Å². The molecule has 0 saturated heterocycles. The first-order valence-corrected chi connectivity index (χ1v) is 9.58. The fourth-order valence-electron chi connectivity index (χ4n) is 2.52. The van der Waals surface area contributed by atoms with Gasteiger partial charge < -0.3 is 37.6 Å². The molecule has 9 N–H and O–H groups in total. The Morgan fingerprint density at radius 1 is 0.867 bits per heavy atom. The number of rotatable bonds is 13. The number of amides is 4. The average Bonchev–Trinajstić information content (AvgIpc) is 2.61. The van der Waals surface area contributed by atoms with Gasteiger partial charge in [-0.2, -0.15) is 0 Å². The van der Waals surface area contributed by atoms with Crippen molar-refractivity contribution < 1.29 is 34.2 Å². The van der Waals surface area contributed by atoms with Crippen LogP contribution in [0.3, 0.4) is 0 Å². The number of carboxylic acids is 1. The van der Waals surface area contributed by atoms with E-state index in [-0.39, 0.29) is 12.3 Å². The number of nitrogens with two attached hydrogens (primary N) is 2. The van der Waals surface area contributed by atoms with E-state index < -0.39 is 72.7 Å². The second kappa shape index (κ2) is 12.8.